The van der Waals surface area contributed by atoms with Crippen LogP contribution >= 0.6 is 11.6 Å². The molecule has 29 heavy (non-hydrogen) atoms. The first kappa shape index (κ1) is 16.1. The van der Waals surface area contributed by atoms with Crippen LogP contribution in [0.2, 0.25) is 5.02 Å². The number of para-hydroxylation sites is 1. The van der Waals surface area contributed by atoms with Gasteiger partial charge >= 0.3 is 0 Å². The summed E-state index contributed by atoms with van der Waals surface area (Å²) in [4.78, 5) is 0. The standard InChI is InChI=1S/C27H20ClN/c1-27(2)20-12-11-18-16-7-3-5-9-22(16)29-23-10-6-4-8-17(23)19-13-15(28)14-21(27)24(19)25(20)26(18)29/h4,6-14H,3,5H2,1-2H3. The highest BCUT2D eigenvalue weighted by atomic mass is 35.5. The maximum atomic E-state index is 6.68. The van der Waals surface area contributed by atoms with Crippen LogP contribution in [0.4, 0.5) is 0 Å². The molecule has 7 rings (SSSR count). The van der Waals surface area contributed by atoms with E-state index in [1.54, 1.807) is 0 Å². The third-order valence-electron chi connectivity index (χ3n) is 7.20. The van der Waals surface area contributed by atoms with Crippen LogP contribution in [0, 0.1) is 0 Å². The summed E-state index contributed by atoms with van der Waals surface area (Å²) < 4.78 is 2.52. The summed E-state index contributed by atoms with van der Waals surface area (Å²) in [6.07, 6.45) is 7.06. The first-order valence-electron chi connectivity index (χ1n) is 10.4. The van der Waals surface area contributed by atoms with Crippen LogP contribution in [0.3, 0.4) is 0 Å². The van der Waals surface area contributed by atoms with Gasteiger partial charge in [-0.25, -0.2) is 0 Å². The first-order valence-corrected chi connectivity index (χ1v) is 10.8. The lowest BCUT2D eigenvalue weighted by Crippen LogP contribution is -2.30. The van der Waals surface area contributed by atoms with E-state index < -0.39 is 0 Å². The molecule has 3 aromatic carbocycles. The van der Waals surface area contributed by atoms with Crippen molar-refractivity contribution in [2.75, 3.05) is 0 Å². The SMILES string of the molecule is CC1(C)c2cc(Cl)cc3c2-c2c1ccc1c4c(n(c21)-c1ccccc1-3)=CCCC=4. The molecule has 0 spiro atoms. The van der Waals surface area contributed by atoms with Crippen molar-refractivity contribution in [2.24, 2.45) is 0 Å². The number of benzene rings is 3. The van der Waals surface area contributed by atoms with Crippen molar-refractivity contribution in [2.45, 2.75) is 32.1 Å². The van der Waals surface area contributed by atoms with E-state index in [2.05, 4.69) is 79.1 Å². The van der Waals surface area contributed by atoms with E-state index in [1.807, 2.05) is 0 Å². The van der Waals surface area contributed by atoms with Gasteiger partial charge < -0.3 is 4.57 Å². The summed E-state index contributed by atoms with van der Waals surface area (Å²) >= 11 is 6.68. The predicted molar refractivity (Wildman–Crippen MR) is 122 cm³/mol. The molecular weight excluding hydrogens is 374 g/mol. The smallest absolute Gasteiger partial charge is 0.0622 e. The number of nitrogens with zero attached hydrogens (tertiary/aromatic N) is 1. The van der Waals surface area contributed by atoms with Gasteiger partial charge in [0.25, 0.3) is 0 Å². The Labute approximate surface area is 174 Å². The minimum Gasteiger partial charge on any atom is -0.308 e. The lowest BCUT2D eigenvalue weighted by molar-refractivity contribution is 0.661. The molecule has 2 heterocycles. The fraction of sp³-hybridized carbons (Fsp3) is 0.185. The topological polar surface area (TPSA) is 4.93 Å². The second-order valence-corrected chi connectivity index (χ2v) is 9.46. The van der Waals surface area contributed by atoms with Gasteiger partial charge in [0.15, 0.2) is 0 Å². The molecule has 0 fully saturated rings. The molecule has 2 aliphatic carbocycles. The molecule has 0 N–H and O–H groups in total. The van der Waals surface area contributed by atoms with Crippen LogP contribution in [0.15, 0.2) is 48.5 Å². The number of halogens is 1. The molecule has 140 valence electrons. The van der Waals surface area contributed by atoms with Crippen LogP contribution < -0.4 is 10.6 Å². The summed E-state index contributed by atoms with van der Waals surface area (Å²) in [7, 11) is 0. The average molecular weight is 394 g/mol. The van der Waals surface area contributed by atoms with Gasteiger partial charge in [0.2, 0.25) is 0 Å². The fourth-order valence-electron chi connectivity index (χ4n) is 5.93. The van der Waals surface area contributed by atoms with Gasteiger partial charge in [0.1, 0.15) is 0 Å². The second-order valence-electron chi connectivity index (χ2n) is 9.02. The van der Waals surface area contributed by atoms with E-state index in [0.29, 0.717) is 0 Å². The van der Waals surface area contributed by atoms with Crippen molar-refractivity contribution >= 4 is 34.7 Å². The Kier molecular flexibility index (Phi) is 2.79. The van der Waals surface area contributed by atoms with Crippen LogP contribution in [-0.4, -0.2) is 4.57 Å². The molecule has 1 aromatic heterocycles. The Bertz CT molecular complexity index is 1530. The molecule has 0 amide bonds. The van der Waals surface area contributed by atoms with Crippen LogP contribution in [0.25, 0.3) is 51.0 Å². The first-order chi connectivity index (χ1) is 14.1. The maximum Gasteiger partial charge on any atom is 0.0622 e. The van der Waals surface area contributed by atoms with E-state index in [4.69, 9.17) is 11.6 Å². The highest BCUT2D eigenvalue weighted by molar-refractivity contribution is 6.31. The molecule has 0 radical (unpaired) electrons. The zero-order valence-corrected chi connectivity index (χ0v) is 17.3. The van der Waals surface area contributed by atoms with Gasteiger partial charge in [-0.1, -0.05) is 67.9 Å². The van der Waals surface area contributed by atoms with Crippen molar-refractivity contribution in [3.05, 3.63) is 75.2 Å². The molecule has 0 bridgehead atoms. The lowest BCUT2D eigenvalue weighted by Gasteiger charge is -2.23. The van der Waals surface area contributed by atoms with Gasteiger partial charge in [0.05, 0.1) is 11.2 Å². The zero-order chi connectivity index (χ0) is 19.5. The molecule has 2 heteroatoms. The summed E-state index contributed by atoms with van der Waals surface area (Å²) in [6.45, 7) is 4.67. The molecule has 3 aliphatic rings. The molecule has 1 aliphatic heterocycles. The monoisotopic (exact) mass is 393 g/mol. The molecule has 0 atom stereocenters. The summed E-state index contributed by atoms with van der Waals surface area (Å²) in [5.74, 6) is 0. The molecule has 0 saturated heterocycles. The van der Waals surface area contributed by atoms with E-state index in [-0.39, 0.29) is 5.41 Å². The highest BCUT2D eigenvalue weighted by Gasteiger charge is 2.41. The van der Waals surface area contributed by atoms with Gasteiger partial charge in [-0.15, -0.1) is 0 Å². The molecule has 1 nitrogen and oxygen atoms in total. The molecule has 4 aromatic rings. The van der Waals surface area contributed by atoms with Gasteiger partial charge in [-0.3, -0.25) is 0 Å². The van der Waals surface area contributed by atoms with Crippen molar-refractivity contribution in [1.29, 1.82) is 0 Å². The average Bonchev–Trinajstić information content (AvgIpc) is 3.12. The number of fused-ring (bicyclic) bond motifs is 6. The van der Waals surface area contributed by atoms with Crippen molar-refractivity contribution in [3.63, 3.8) is 0 Å². The van der Waals surface area contributed by atoms with Crippen LogP contribution in [-0.2, 0) is 5.41 Å². The minimum absolute atomic E-state index is 0.0617. The number of aromatic nitrogens is 1. The Morgan fingerprint density at radius 2 is 1.69 bits per heavy atom. The van der Waals surface area contributed by atoms with Crippen LogP contribution in [0.5, 0.6) is 0 Å². The van der Waals surface area contributed by atoms with E-state index >= 15 is 0 Å². The third-order valence-corrected chi connectivity index (χ3v) is 7.41. The van der Waals surface area contributed by atoms with E-state index in [0.717, 1.165) is 17.9 Å². The number of hydrogen-bond acceptors (Lipinski definition) is 0. The number of rotatable bonds is 0. The van der Waals surface area contributed by atoms with Crippen LogP contribution in [0.1, 0.15) is 37.8 Å². The minimum atomic E-state index is -0.0617. The Morgan fingerprint density at radius 1 is 0.862 bits per heavy atom. The Morgan fingerprint density at radius 3 is 2.59 bits per heavy atom. The van der Waals surface area contributed by atoms with Crippen molar-refractivity contribution in [3.8, 4) is 27.9 Å². The highest BCUT2D eigenvalue weighted by Crippen LogP contribution is 2.56. The molecular formula is C27H20ClN. The van der Waals surface area contributed by atoms with Gasteiger partial charge in [0, 0.05) is 37.5 Å². The molecule has 0 saturated carbocycles. The zero-order valence-electron chi connectivity index (χ0n) is 16.5. The Balaban J connectivity index is 1.88. The second kappa shape index (κ2) is 5.04. The third kappa shape index (κ3) is 1.75. The largest absolute Gasteiger partial charge is 0.308 e. The summed E-state index contributed by atoms with van der Waals surface area (Å²) in [5.41, 5.74) is 10.6. The van der Waals surface area contributed by atoms with E-state index in [9.17, 15) is 0 Å². The summed E-state index contributed by atoms with van der Waals surface area (Å²) in [5, 5.41) is 4.93. The van der Waals surface area contributed by atoms with E-state index in [1.165, 1.54) is 60.5 Å². The lowest BCUT2D eigenvalue weighted by atomic mass is 9.81. The molecule has 0 unspecified atom stereocenters. The fourth-order valence-corrected chi connectivity index (χ4v) is 6.15. The summed E-state index contributed by atoms with van der Waals surface area (Å²) in [6, 6.07) is 17.9. The quantitative estimate of drug-likeness (QED) is 0.307. The van der Waals surface area contributed by atoms with Gasteiger partial charge in [-0.05, 0) is 53.3 Å². The van der Waals surface area contributed by atoms with Gasteiger partial charge in [-0.2, -0.15) is 0 Å². The Hall–Kier alpha value is -2.77. The van der Waals surface area contributed by atoms with Crippen molar-refractivity contribution < 1.29 is 0 Å². The van der Waals surface area contributed by atoms with Crippen molar-refractivity contribution in [1.82, 2.24) is 4.57 Å². The predicted octanol–water partition coefficient (Wildman–Crippen LogP) is 5.93. The number of hydrogen-bond donors (Lipinski definition) is 0. The normalized spacial score (nSPS) is 16.7. The maximum absolute atomic E-state index is 6.68.